The molecule has 5 N–H and O–H groups in total. The molecule has 11 nitrogen and oxygen atoms in total. The number of aromatic hydroxyl groups is 2. The van der Waals surface area contributed by atoms with Crippen molar-refractivity contribution in [3.8, 4) is 11.5 Å². The highest BCUT2D eigenvalue weighted by atomic mass is 19.4. The molecule has 0 spiro atoms. The van der Waals surface area contributed by atoms with Crippen LogP contribution in [0.1, 0.15) is 95.0 Å². The Labute approximate surface area is 255 Å². The van der Waals surface area contributed by atoms with Crippen LogP contribution in [0.5, 0.6) is 11.5 Å². The van der Waals surface area contributed by atoms with Gasteiger partial charge in [0.2, 0.25) is 0 Å². The van der Waals surface area contributed by atoms with Gasteiger partial charge in [0.15, 0.2) is 23.6 Å². The average Bonchev–Trinajstić information content (AvgIpc) is 2.98. The Hall–Kier alpha value is -3.85. The number of fused-ring (bicyclic) bond motifs is 3. The Balaban J connectivity index is 1.58. The topological polar surface area (TPSA) is 180 Å². The number of alkyl halides is 3. The lowest BCUT2D eigenvalue weighted by Gasteiger charge is -2.43. The number of nitrogens with one attached hydrogen (secondary N) is 1. The van der Waals surface area contributed by atoms with E-state index < -0.39 is 108 Å². The minimum Gasteiger partial charge on any atom is -0.507 e. The van der Waals surface area contributed by atoms with Crippen molar-refractivity contribution in [2.45, 2.75) is 94.8 Å². The van der Waals surface area contributed by atoms with E-state index in [9.17, 15) is 52.8 Å². The Morgan fingerprint density at radius 1 is 1.09 bits per heavy atom. The van der Waals surface area contributed by atoms with Gasteiger partial charge in [-0.05, 0) is 13.3 Å². The molecule has 242 valence electrons. The van der Waals surface area contributed by atoms with Crippen LogP contribution in [0.3, 0.4) is 0 Å². The number of phenolic OH excluding ortho intramolecular Hbond substituents is 2. The van der Waals surface area contributed by atoms with Gasteiger partial charge in [0.25, 0.3) is 0 Å². The van der Waals surface area contributed by atoms with E-state index in [2.05, 4.69) is 0 Å². The number of aliphatic hydroxyl groups excluding tert-OH is 1. The third-order valence-corrected chi connectivity index (χ3v) is 8.65. The molecule has 3 aliphatic rings. The second-order valence-electron chi connectivity index (χ2n) is 11.7. The van der Waals surface area contributed by atoms with Crippen molar-refractivity contribution < 1.29 is 62.2 Å². The van der Waals surface area contributed by atoms with Gasteiger partial charge in [0, 0.05) is 47.9 Å². The molecule has 1 amide bonds. The molecule has 1 fully saturated rings. The summed E-state index contributed by atoms with van der Waals surface area (Å²) in [5, 5.41) is 46.7. The van der Waals surface area contributed by atoms with E-state index in [-0.39, 0.29) is 28.7 Å². The molecule has 1 heterocycles. The predicted octanol–water partition coefficient (Wildman–Crippen LogP) is 2.91. The molecule has 1 aliphatic heterocycles. The maximum Gasteiger partial charge on any atom is 0.471 e. The largest absolute Gasteiger partial charge is 0.507 e. The van der Waals surface area contributed by atoms with Gasteiger partial charge in [0.1, 0.15) is 23.2 Å². The molecule has 6 atom stereocenters. The van der Waals surface area contributed by atoms with E-state index in [1.165, 1.54) is 31.2 Å². The van der Waals surface area contributed by atoms with Gasteiger partial charge < -0.3 is 35.2 Å². The minimum absolute atomic E-state index is 0.0161. The van der Waals surface area contributed by atoms with Crippen LogP contribution >= 0.6 is 0 Å². The molecule has 0 radical (unpaired) electrons. The number of carbonyl (C=O) groups excluding carboxylic acids is 4. The quantitative estimate of drug-likeness (QED) is 0.242. The summed E-state index contributed by atoms with van der Waals surface area (Å²) in [7, 11) is 0. The number of benzene rings is 2. The summed E-state index contributed by atoms with van der Waals surface area (Å²) >= 11 is 0. The summed E-state index contributed by atoms with van der Waals surface area (Å²) in [5.74, 6) is -5.90. The van der Waals surface area contributed by atoms with E-state index in [0.29, 0.717) is 12.8 Å². The van der Waals surface area contributed by atoms with Gasteiger partial charge in [0.05, 0.1) is 29.4 Å². The highest BCUT2D eigenvalue weighted by Crippen LogP contribution is 2.52. The lowest BCUT2D eigenvalue weighted by molar-refractivity contribution is -0.250. The molecule has 0 bridgehead atoms. The third-order valence-electron chi connectivity index (χ3n) is 8.65. The molecule has 0 aromatic heterocycles. The van der Waals surface area contributed by atoms with Gasteiger partial charge in [-0.2, -0.15) is 13.2 Å². The summed E-state index contributed by atoms with van der Waals surface area (Å²) < 4.78 is 50.6. The smallest absolute Gasteiger partial charge is 0.471 e. The number of carbonyl (C=O) groups is 4. The number of rotatable bonds is 7. The molecule has 2 aromatic carbocycles. The lowest BCUT2D eigenvalue weighted by Crippen LogP contribution is -2.57. The number of hydrogen-bond acceptors (Lipinski definition) is 10. The number of unbranched alkanes of at least 4 members (excludes halogenated alkanes) is 1. The SMILES string of the molecule is CCCCC(=O)[C@]1(O)Cc2c(O)c3c(c(O)c2[C@@H](O[C@H]2C[C@H](NC(=O)C(F)(F)F)[C@H](O)[C@H](C)O2)C1)C(=O)c1ccccc1C3=O. The summed E-state index contributed by atoms with van der Waals surface area (Å²) in [5.41, 5.74) is -3.65. The van der Waals surface area contributed by atoms with Gasteiger partial charge in [-0.15, -0.1) is 0 Å². The Morgan fingerprint density at radius 3 is 2.27 bits per heavy atom. The van der Waals surface area contributed by atoms with E-state index >= 15 is 0 Å². The highest BCUT2D eigenvalue weighted by Gasteiger charge is 2.50. The molecule has 0 unspecified atom stereocenters. The van der Waals surface area contributed by atoms with Crippen LogP contribution in [0, 0.1) is 0 Å². The van der Waals surface area contributed by atoms with Gasteiger partial charge in [-0.25, -0.2) is 0 Å². The second kappa shape index (κ2) is 11.8. The maximum atomic E-state index is 13.5. The first kappa shape index (κ1) is 32.5. The molecule has 2 aromatic rings. The van der Waals surface area contributed by atoms with Crippen LogP contribution < -0.4 is 5.32 Å². The molecule has 1 saturated heterocycles. The fourth-order valence-electron chi connectivity index (χ4n) is 6.30. The van der Waals surface area contributed by atoms with Gasteiger partial charge in [-0.3, -0.25) is 19.2 Å². The summed E-state index contributed by atoms with van der Waals surface area (Å²) in [6.45, 7) is 3.16. The normalized spacial score (nSPS) is 27.8. The van der Waals surface area contributed by atoms with Crippen molar-refractivity contribution in [1.29, 1.82) is 0 Å². The molecule has 2 aliphatic carbocycles. The van der Waals surface area contributed by atoms with Crippen LogP contribution in [0.15, 0.2) is 24.3 Å². The van der Waals surface area contributed by atoms with Crippen LogP contribution in [-0.4, -0.2) is 80.0 Å². The number of aliphatic hydroxyl groups is 2. The number of amides is 1. The molecular formula is C31H32F3NO10. The Bertz CT molecular complexity index is 1570. The first-order valence-electron chi connectivity index (χ1n) is 14.5. The lowest BCUT2D eigenvalue weighted by atomic mass is 9.71. The Morgan fingerprint density at radius 2 is 1.69 bits per heavy atom. The van der Waals surface area contributed by atoms with Crippen molar-refractivity contribution in [2.24, 2.45) is 0 Å². The van der Waals surface area contributed by atoms with E-state index in [0.717, 1.165) is 0 Å². The number of halogens is 3. The molecule has 0 saturated carbocycles. The highest BCUT2D eigenvalue weighted by molar-refractivity contribution is 6.30. The van der Waals surface area contributed by atoms with Crippen molar-refractivity contribution in [3.05, 3.63) is 57.6 Å². The average molecular weight is 636 g/mol. The van der Waals surface area contributed by atoms with Crippen LogP contribution in [0.4, 0.5) is 13.2 Å². The zero-order chi connectivity index (χ0) is 33.0. The molecular weight excluding hydrogens is 603 g/mol. The maximum absolute atomic E-state index is 13.5. The van der Waals surface area contributed by atoms with Crippen molar-refractivity contribution in [2.75, 3.05) is 0 Å². The number of ketones is 3. The van der Waals surface area contributed by atoms with E-state index in [4.69, 9.17) is 9.47 Å². The molecule has 5 rings (SSSR count). The monoisotopic (exact) mass is 635 g/mol. The molecule has 14 heteroatoms. The zero-order valence-electron chi connectivity index (χ0n) is 24.3. The summed E-state index contributed by atoms with van der Waals surface area (Å²) in [6.07, 6.45) is -11.5. The van der Waals surface area contributed by atoms with E-state index in [1.54, 1.807) is 5.32 Å². The fourth-order valence-corrected chi connectivity index (χ4v) is 6.30. The number of hydrogen-bond donors (Lipinski definition) is 5. The summed E-state index contributed by atoms with van der Waals surface area (Å²) in [6, 6.07) is 4.32. The minimum atomic E-state index is -5.24. The van der Waals surface area contributed by atoms with E-state index in [1.807, 2.05) is 6.92 Å². The number of ether oxygens (including phenoxy) is 2. The van der Waals surface area contributed by atoms with Gasteiger partial charge >= 0.3 is 12.1 Å². The van der Waals surface area contributed by atoms with Crippen molar-refractivity contribution in [1.82, 2.24) is 5.32 Å². The number of Topliss-reactive ketones (excluding diaryl/α,β-unsaturated/α-hetero) is 1. The Kier molecular flexibility index (Phi) is 8.55. The van der Waals surface area contributed by atoms with Gasteiger partial charge in [-0.1, -0.05) is 37.6 Å². The van der Waals surface area contributed by atoms with Crippen LogP contribution in [-0.2, 0) is 25.5 Å². The zero-order valence-corrected chi connectivity index (χ0v) is 24.3. The number of phenols is 2. The standard InChI is InChI=1S/C31H32F3NO10/c1-3-4-9-19(36)30(43)11-16-21(28(41)23-22(27(16)40)25(38)14-7-5-6-8-15(14)26(23)39)18(12-30)45-20-10-17(24(37)13(2)44-20)35-29(42)31(32,33)34/h5-8,13,17-18,20,24,37,40-41,43H,3-4,9-12H2,1-2H3,(H,35,42)/t13-,17-,18-,20-,24+,30-/m0/s1. The van der Waals surface area contributed by atoms with Crippen molar-refractivity contribution in [3.63, 3.8) is 0 Å². The van der Waals surface area contributed by atoms with Crippen molar-refractivity contribution >= 4 is 23.3 Å². The third kappa shape index (κ3) is 5.71. The first-order chi connectivity index (χ1) is 21.1. The first-order valence-corrected chi connectivity index (χ1v) is 14.5. The second-order valence-corrected chi connectivity index (χ2v) is 11.7. The van der Waals surface area contributed by atoms with Crippen LogP contribution in [0.2, 0.25) is 0 Å². The fraction of sp³-hybridized carbons (Fsp3) is 0.484. The molecule has 45 heavy (non-hydrogen) atoms. The van der Waals surface area contributed by atoms with Crippen LogP contribution in [0.25, 0.3) is 0 Å². The predicted molar refractivity (Wildman–Crippen MR) is 148 cm³/mol. The summed E-state index contributed by atoms with van der Waals surface area (Å²) in [4.78, 5) is 51.9.